The summed E-state index contributed by atoms with van der Waals surface area (Å²) in [4.78, 5) is 10.2. The van der Waals surface area contributed by atoms with E-state index in [1.165, 1.54) is 7.05 Å². The van der Waals surface area contributed by atoms with Gasteiger partial charge in [0.05, 0.1) is 5.75 Å². The molecule has 0 atom stereocenters. The van der Waals surface area contributed by atoms with Gasteiger partial charge in [-0.15, -0.1) is 10.2 Å². The Morgan fingerprint density at radius 1 is 1.64 bits per heavy atom. The molecule has 0 aliphatic carbocycles. The third-order valence-electron chi connectivity index (χ3n) is 1.39. The first-order valence-electron chi connectivity index (χ1n) is 3.54. The van der Waals surface area contributed by atoms with Gasteiger partial charge in [-0.05, 0) is 0 Å². The third kappa shape index (κ3) is 2.41. The van der Waals surface area contributed by atoms with Crippen LogP contribution >= 0.6 is 11.8 Å². The molecular weight excluding hydrogens is 216 g/mol. The maximum absolute atomic E-state index is 12.2. The second kappa shape index (κ2) is 4.36. The highest BCUT2D eigenvalue weighted by molar-refractivity contribution is 7.99. The Balaban J connectivity index is 2.74. The number of hydrogen-bond acceptors (Lipinski definition) is 4. The fourth-order valence-electron chi connectivity index (χ4n) is 0.768. The number of alkyl halides is 2. The van der Waals surface area contributed by atoms with E-state index in [0.717, 1.165) is 16.3 Å². The minimum atomic E-state index is -2.70. The molecule has 1 heterocycles. The lowest BCUT2D eigenvalue weighted by molar-refractivity contribution is -0.133. The van der Waals surface area contributed by atoms with Crippen LogP contribution in [0.25, 0.3) is 0 Å². The van der Waals surface area contributed by atoms with Crippen LogP contribution in [0, 0.1) is 0 Å². The number of carboxylic acid groups (broad SMARTS) is 1. The largest absolute Gasteiger partial charge is 0.481 e. The van der Waals surface area contributed by atoms with Crippen molar-refractivity contribution in [2.24, 2.45) is 7.05 Å². The topological polar surface area (TPSA) is 68.0 Å². The summed E-state index contributed by atoms with van der Waals surface area (Å²) >= 11 is 0.850. The van der Waals surface area contributed by atoms with Gasteiger partial charge in [-0.25, -0.2) is 8.78 Å². The summed E-state index contributed by atoms with van der Waals surface area (Å²) in [6.07, 6.45) is -2.70. The van der Waals surface area contributed by atoms with Crippen LogP contribution in [0.1, 0.15) is 12.2 Å². The molecule has 78 valence electrons. The van der Waals surface area contributed by atoms with Crippen molar-refractivity contribution >= 4 is 17.7 Å². The molecule has 0 aliphatic rings. The Hall–Kier alpha value is -1.18. The van der Waals surface area contributed by atoms with Crippen molar-refractivity contribution < 1.29 is 18.7 Å². The Labute approximate surface area is 82.1 Å². The van der Waals surface area contributed by atoms with Crippen LogP contribution in [0.3, 0.4) is 0 Å². The maximum Gasteiger partial charge on any atom is 0.313 e. The van der Waals surface area contributed by atoms with Crippen LogP contribution < -0.4 is 0 Å². The monoisotopic (exact) mass is 223 g/mol. The highest BCUT2D eigenvalue weighted by Gasteiger charge is 2.17. The van der Waals surface area contributed by atoms with Crippen LogP contribution in [0.2, 0.25) is 0 Å². The standard InChI is InChI=1S/C6H7F2N3O2S/c1-11-5(4(7)8)9-10-6(11)14-2-3(12)13/h4H,2H2,1H3,(H,12,13). The second-order valence-electron chi connectivity index (χ2n) is 2.38. The number of aromatic nitrogens is 3. The second-order valence-corrected chi connectivity index (χ2v) is 3.33. The minimum Gasteiger partial charge on any atom is -0.481 e. The van der Waals surface area contributed by atoms with Crippen LogP contribution in [0.4, 0.5) is 8.78 Å². The zero-order valence-electron chi connectivity index (χ0n) is 7.15. The predicted molar refractivity (Wildman–Crippen MR) is 44.3 cm³/mol. The lowest BCUT2D eigenvalue weighted by Gasteiger charge is -2.00. The number of hydrogen-bond donors (Lipinski definition) is 1. The summed E-state index contributed by atoms with van der Waals surface area (Å²) < 4.78 is 25.5. The number of carbonyl (C=O) groups is 1. The number of thioether (sulfide) groups is 1. The molecule has 0 bridgehead atoms. The molecule has 0 unspecified atom stereocenters. The molecule has 1 aromatic heterocycles. The van der Waals surface area contributed by atoms with Gasteiger partial charge in [-0.3, -0.25) is 4.79 Å². The van der Waals surface area contributed by atoms with E-state index in [-0.39, 0.29) is 10.9 Å². The molecule has 8 heteroatoms. The van der Waals surface area contributed by atoms with Gasteiger partial charge in [0, 0.05) is 7.05 Å². The van der Waals surface area contributed by atoms with E-state index in [1.807, 2.05) is 0 Å². The van der Waals surface area contributed by atoms with Gasteiger partial charge < -0.3 is 9.67 Å². The van der Waals surface area contributed by atoms with E-state index in [9.17, 15) is 13.6 Å². The molecule has 1 N–H and O–H groups in total. The summed E-state index contributed by atoms with van der Waals surface area (Å²) in [5, 5.41) is 15.2. The van der Waals surface area contributed by atoms with Crippen LogP contribution in [0.15, 0.2) is 5.16 Å². The highest BCUT2D eigenvalue weighted by atomic mass is 32.2. The predicted octanol–water partition coefficient (Wildman–Crippen LogP) is 0.929. The van der Waals surface area contributed by atoms with Crippen LogP contribution in [-0.4, -0.2) is 31.6 Å². The van der Waals surface area contributed by atoms with Crippen molar-refractivity contribution in [3.63, 3.8) is 0 Å². The van der Waals surface area contributed by atoms with Crippen LogP contribution in [0.5, 0.6) is 0 Å². The fraction of sp³-hybridized carbons (Fsp3) is 0.500. The molecular formula is C6H7F2N3O2S. The number of carboxylic acids is 1. The lowest BCUT2D eigenvalue weighted by atomic mass is 10.6. The van der Waals surface area contributed by atoms with Gasteiger partial charge in [-0.2, -0.15) is 0 Å². The molecule has 0 amide bonds. The average molecular weight is 223 g/mol. The number of nitrogens with zero attached hydrogens (tertiary/aromatic N) is 3. The van der Waals surface area contributed by atoms with Crippen molar-refractivity contribution in [1.82, 2.24) is 14.8 Å². The van der Waals surface area contributed by atoms with E-state index in [2.05, 4.69) is 10.2 Å². The summed E-state index contributed by atoms with van der Waals surface area (Å²) in [7, 11) is 1.37. The molecule has 0 aromatic carbocycles. The molecule has 0 aliphatic heterocycles. The number of halogens is 2. The van der Waals surface area contributed by atoms with Gasteiger partial charge in [0.15, 0.2) is 5.16 Å². The van der Waals surface area contributed by atoms with E-state index in [4.69, 9.17) is 5.11 Å². The van der Waals surface area contributed by atoms with E-state index in [1.54, 1.807) is 0 Å². The van der Waals surface area contributed by atoms with Crippen LogP contribution in [-0.2, 0) is 11.8 Å². The minimum absolute atomic E-state index is 0.169. The molecule has 0 saturated heterocycles. The zero-order chi connectivity index (χ0) is 10.7. The molecule has 5 nitrogen and oxygen atoms in total. The summed E-state index contributed by atoms with van der Waals surface area (Å²) in [5.74, 6) is -1.72. The number of rotatable bonds is 4. The smallest absolute Gasteiger partial charge is 0.313 e. The normalized spacial score (nSPS) is 10.9. The maximum atomic E-state index is 12.2. The van der Waals surface area contributed by atoms with E-state index < -0.39 is 18.2 Å². The summed E-state index contributed by atoms with van der Waals surface area (Å²) in [5.41, 5.74) is 0. The Morgan fingerprint density at radius 2 is 2.29 bits per heavy atom. The van der Waals surface area contributed by atoms with Gasteiger partial charge in [0.1, 0.15) is 0 Å². The first-order valence-corrected chi connectivity index (χ1v) is 4.53. The summed E-state index contributed by atoms with van der Waals surface area (Å²) in [6, 6.07) is 0. The lowest BCUT2D eigenvalue weighted by Crippen LogP contribution is -2.02. The Bertz CT molecular complexity index is 342. The van der Waals surface area contributed by atoms with Crippen molar-refractivity contribution in [3.8, 4) is 0 Å². The Kier molecular flexibility index (Phi) is 3.39. The van der Waals surface area contributed by atoms with Gasteiger partial charge in [-0.1, -0.05) is 11.8 Å². The van der Waals surface area contributed by atoms with Gasteiger partial charge >= 0.3 is 5.97 Å². The van der Waals surface area contributed by atoms with Gasteiger partial charge in [0.25, 0.3) is 6.43 Å². The van der Waals surface area contributed by atoms with Crippen molar-refractivity contribution in [1.29, 1.82) is 0 Å². The zero-order valence-corrected chi connectivity index (χ0v) is 7.96. The SMILES string of the molecule is Cn1c(SCC(=O)O)nnc1C(F)F. The highest BCUT2D eigenvalue weighted by Crippen LogP contribution is 2.21. The summed E-state index contributed by atoms with van der Waals surface area (Å²) in [6.45, 7) is 0. The molecule has 0 saturated carbocycles. The number of aliphatic carboxylic acids is 1. The third-order valence-corrected chi connectivity index (χ3v) is 2.39. The fourth-order valence-corrected chi connectivity index (χ4v) is 1.41. The first kappa shape index (κ1) is 10.9. The quantitative estimate of drug-likeness (QED) is 0.769. The van der Waals surface area contributed by atoms with Crippen molar-refractivity contribution in [3.05, 3.63) is 5.82 Å². The Morgan fingerprint density at radius 3 is 2.71 bits per heavy atom. The molecule has 1 aromatic rings. The van der Waals surface area contributed by atoms with E-state index in [0.29, 0.717) is 0 Å². The molecule has 14 heavy (non-hydrogen) atoms. The first-order chi connectivity index (χ1) is 6.52. The van der Waals surface area contributed by atoms with Gasteiger partial charge in [0.2, 0.25) is 5.82 Å². The molecule has 0 radical (unpaired) electrons. The van der Waals surface area contributed by atoms with E-state index >= 15 is 0 Å². The molecule has 0 spiro atoms. The molecule has 0 fully saturated rings. The molecule has 1 rings (SSSR count). The van der Waals surface area contributed by atoms with Crippen molar-refractivity contribution in [2.75, 3.05) is 5.75 Å². The van der Waals surface area contributed by atoms with Crippen molar-refractivity contribution in [2.45, 2.75) is 11.6 Å². The average Bonchev–Trinajstić information content (AvgIpc) is 2.43.